The van der Waals surface area contributed by atoms with Crippen molar-refractivity contribution >= 4 is 36.4 Å². The first kappa shape index (κ1) is 21.7. The Bertz CT molecular complexity index is 465. The summed E-state index contributed by atoms with van der Waals surface area (Å²) in [5, 5.41) is 2.95. The SMILES string of the molecule is Cl.Cl.Fc1ccc([C@H](CC(F)(F)F)N2CCNCC2)cc1Cl. The quantitative estimate of drug-likeness (QED) is 0.786. The van der Waals surface area contributed by atoms with Gasteiger partial charge in [0.1, 0.15) is 5.82 Å². The van der Waals surface area contributed by atoms with Gasteiger partial charge in [-0.2, -0.15) is 13.2 Å². The molecule has 1 heterocycles. The van der Waals surface area contributed by atoms with Crippen LogP contribution in [0.1, 0.15) is 18.0 Å². The second-order valence-corrected chi connectivity index (χ2v) is 5.20. The second kappa shape index (κ2) is 9.13. The molecule has 1 N–H and O–H groups in total. The number of hydrogen-bond acceptors (Lipinski definition) is 2. The third-order valence-corrected chi connectivity index (χ3v) is 3.64. The van der Waals surface area contributed by atoms with Crippen LogP contribution in [-0.4, -0.2) is 37.3 Å². The zero-order chi connectivity index (χ0) is 14.8. The number of hydrogen-bond donors (Lipinski definition) is 1. The monoisotopic (exact) mass is 382 g/mol. The summed E-state index contributed by atoms with van der Waals surface area (Å²) in [5.41, 5.74) is 0.399. The minimum atomic E-state index is -4.28. The average Bonchev–Trinajstić information content (AvgIpc) is 2.39. The van der Waals surface area contributed by atoms with Crippen molar-refractivity contribution in [2.75, 3.05) is 26.2 Å². The van der Waals surface area contributed by atoms with Gasteiger partial charge in [-0.1, -0.05) is 17.7 Å². The van der Waals surface area contributed by atoms with Crippen LogP contribution in [0.5, 0.6) is 0 Å². The standard InChI is InChI=1S/C13H15ClF4N2.2ClH/c14-10-7-9(1-2-11(10)15)12(8-13(16,17)18)20-5-3-19-4-6-20;;/h1-2,7,12,19H,3-6,8H2;2*1H/t12-;;/m0../s1. The van der Waals surface area contributed by atoms with Crippen molar-refractivity contribution in [3.8, 4) is 0 Å². The molecule has 0 radical (unpaired) electrons. The van der Waals surface area contributed by atoms with Gasteiger partial charge in [-0.3, -0.25) is 4.90 Å². The number of rotatable bonds is 3. The van der Waals surface area contributed by atoms with Gasteiger partial charge in [0, 0.05) is 32.2 Å². The smallest absolute Gasteiger partial charge is 0.314 e. The number of nitrogens with zero attached hydrogens (tertiary/aromatic N) is 1. The van der Waals surface area contributed by atoms with Gasteiger partial charge < -0.3 is 5.32 Å². The van der Waals surface area contributed by atoms with Crippen molar-refractivity contribution < 1.29 is 17.6 Å². The molecule has 0 aliphatic carbocycles. The summed E-state index contributed by atoms with van der Waals surface area (Å²) in [4.78, 5) is 1.76. The lowest BCUT2D eigenvalue weighted by Gasteiger charge is -2.35. The van der Waals surface area contributed by atoms with E-state index in [1.165, 1.54) is 12.1 Å². The lowest BCUT2D eigenvalue weighted by molar-refractivity contribution is -0.148. The van der Waals surface area contributed by atoms with Gasteiger partial charge in [0.25, 0.3) is 0 Å². The van der Waals surface area contributed by atoms with E-state index in [0.717, 1.165) is 6.07 Å². The van der Waals surface area contributed by atoms with Crippen LogP contribution in [0.4, 0.5) is 17.6 Å². The molecular formula is C13H17Cl3F4N2. The Morgan fingerprint density at radius 3 is 2.27 bits per heavy atom. The van der Waals surface area contributed by atoms with E-state index in [0.29, 0.717) is 31.7 Å². The predicted octanol–water partition coefficient (Wildman–Crippen LogP) is 4.22. The molecule has 1 atom stereocenters. The number of alkyl halides is 3. The lowest BCUT2D eigenvalue weighted by Crippen LogP contribution is -2.46. The molecule has 1 aliphatic rings. The summed E-state index contributed by atoms with van der Waals surface area (Å²) < 4.78 is 51.5. The summed E-state index contributed by atoms with van der Waals surface area (Å²) in [6.45, 7) is 2.33. The van der Waals surface area contributed by atoms with Crippen molar-refractivity contribution in [2.45, 2.75) is 18.6 Å². The fraction of sp³-hybridized carbons (Fsp3) is 0.538. The summed E-state index contributed by atoms with van der Waals surface area (Å²) in [6.07, 6.45) is -5.24. The highest BCUT2D eigenvalue weighted by molar-refractivity contribution is 6.30. The van der Waals surface area contributed by atoms with Crippen molar-refractivity contribution in [3.63, 3.8) is 0 Å². The summed E-state index contributed by atoms with van der Waals surface area (Å²) in [6, 6.07) is 2.95. The second-order valence-electron chi connectivity index (χ2n) is 4.79. The van der Waals surface area contributed by atoms with Gasteiger partial charge in [-0.15, -0.1) is 24.8 Å². The zero-order valence-corrected chi connectivity index (χ0v) is 13.9. The van der Waals surface area contributed by atoms with E-state index in [9.17, 15) is 17.6 Å². The number of piperazine rings is 1. The first-order valence-electron chi connectivity index (χ1n) is 6.33. The molecule has 1 aliphatic heterocycles. The predicted molar refractivity (Wildman–Crippen MR) is 83.8 cm³/mol. The Labute approximate surface area is 144 Å². The molecule has 0 amide bonds. The Morgan fingerprint density at radius 2 is 1.77 bits per heavy atom. The molecule has 0 bridgehead atoms. The maximum absolute atomic E-state index is 13.2. The molecule has 1 fully saturated rings. The third-order valence-electron chi connectivity index (χ3n) is 3.35. The van der Waals surface area contributed by atoms with E-state index in [1.807, 2.05) is 0 Å². The van der Waals surface area contributed by atoms with Crippen molar-refractivity contribution in [3.05, 3.63) is 34.6 Å². The van der Waals surface area contributed by atoms with Crippen molar-refractivity contribution in [2.24, 2.45) is 0 Å². The Kier molecular flexibility index (Phi) is 9.02. The first-order valence-corrected chi connectivity index (χ1v) is 6.71. The lowest BCUT2D eigenvalue weighted by atomic mass is 10.0. The summed E-state index contributed by atoms with van der Waals surface area (Å²) in [5.74, 6) is -0.624. The number of nitrogens with one attached hydrogen (secondary N) is 1. The van der Waals surface area contributed by atoms with Crippen molar-refractivity contribution in [1.29, 1.82) is 0 Å². The minimum absolute atomic E-state index is 0. The molecule has 0 aromatic heterocycles. The topological polar surface area (TPSA) is 15.3 Å². The molecule has 128 valence electrons. The normalized spacial score (nSPS) is 17.3. The highest BCUT2D eigenvalue weighted by atomic mass is 35.5. The van der Waals surface area contributed by atoms with Crippen LogP contribution in [0.25, 0.3) is 0 Å². The van der Waals surface area contributed by atoms with Gasteiger partial charge in [-0.05, 0) is 17.7 Å². The molecule has 1 aromatic rings. The maximum atomic E-state index is 13.2. The molecule has 0 unspecified atom stereocenters. The first-order chi connectivity index (χ1) is 9.37. The van der Waals surface area contributed by atoms with Crippen LogP contribution in [0.3, 0.4) is 0 Å². The van der Waals surface area contributed by atoms with Crippen LogP contribution >= 0.6 is 36.4 Å². The highest BCUT2D eigenvalue weighted by Crippen LogP contribution is 2.35. The highest BCUT2D eigenvalue weighted by Gasteiger charge is 2.36. The molecule has 2 nitrogen and oxygen atoms in total. The van der Waals surface area contributed by atoms with Gasteiger partial charge in [0.15, 0.2) is 0 Å². The Balaban J connectivity index is 0.00000220. The summed E-state index contributed by atoms with van der Waals surface area (Å²) >= 11 is 5.68. The largest absolute Gasteiger partial charge is 0.390 e. The van der Waals surface area contributed by atoms with Crippen LogP contribution < -0.4 is 5.32 Å². The van der Waals surface area contributed by atoms with Crippen LogP contribution in [0.15, 0.2) is 18.2 Å². The molecule has 1 aromatic carbocycles. The van der Waals surface area contributed by atoms with E-state index in [4.69, 9.17) is 11.6 Å². The van der Waals surface area contributed by atoms with Crippen LogP contribution in [0, 0.1) is 5.82 Å². The van der Waals surface area contributed by atoms with Gasteiger partial charge in [0.2, 0.25) is 0 Å². The van der Waals surface area contributed by atoms with E-state index in [2.05, 4.69) is 5.32 Å². The van der Waals surface area contributed by atoms with Crippen LogP contribution in [0.2, 0.25) is 5.02 Å². The van der Waals surface area contributed by atoms with E-state index in [-0.39, 0.29) is 29.8 Å². The van der Waals surface area contributed by atoms with Gasteiger partial charge in [0.05, 0.1) is 11.4 Å². The zero-order valence-electron chi connectivity index (χ0n) is 11.5. The molecule has 22 heavy (non-hydrogen) atoms. The fourth-order valence-electron chi connectivity index (χ4n) is 2.39. The average molecular weight is 384 g/mol. The third kappa shape index (κ3) is 6.08. The van der Waals surface area contributed by atoms with E-state index >= 15 is 0 Å². The van der Waals surface area contributed by atoms with E-state index in [1.54, 1.807) is 4.90 Å². The van der Waals surface area contributed by atoms with Gasteiger partial charge in [-0.25, -0.2) is 4.39 Å². The minimum Gasteiger partial charge on any atom is -0.314 e. The molecule has 0 spiro atoms. The molecule has 2 rings (SSSR count). The Morgan fingerprint density at radius 1 is 1.18 bits per heavy atom. The van der Waals surface area contributed by atoms with E-state index < -0.39 is 24.5 Å². The van der Waals surface area contributed by atoms with Crippen molar-refractivity contribution in [1.82, 2.24) is 10.2 Å². The maximum Gasteiger partial charge on any atom is 0.390 e. The van der Waals surface area contributed by atoms with Gasteiger partial charge >= 0.3 is 6.18 Å². The molecular weight excluding hydrogens is 367 g/mol. The fourth-order valence-corrected chi connectivity index (χ4v) is 2.58. The summed E-state index contributed by atoms with van der Waals surface area (Å²) in [7, 11) is 0. The number of benzene rings is 1. The number of halogens is 7. The Hall–Kier alpha value is -0.270. The van der Waals surface area contributed by atoms with Crippen LogP contribution in [-0.2, 0) is 0 Å². The molecule has 1 saturated heterocycles. The molecule has 9 heteroatoms. The molecule has 0 saturated carbocycles.